The van der Waals surface area contributed by atoms with Gasteiger partial charge in [-0.1, -0.05) is 25.3 Å². The lowest BCUT2D eigenvalue weighted by Crippen LogP contribution is -2.43. The quantitative estimate of drug-likeness (QED) is 0.422. The number of methoxy groups -OCH3 is 2. The van der Waals surface area contributed by atoms with Crippen LogP contribution in [0.4, 0.5) is 5.69 Å². The van der Waals surface area contributed by atoms with Crippen molar-refractivity contribution in [2.75, 3.05) is 19.5 Å². The van der Waals surface area contributed by atoms with E-state index in [0.29, 0.717) is 17.1 Å². The Kier molecular flexibility index (Phi) is 5.82. The molecule has 6 nitrogen and oxygen atoms in total. The van der Waals surface area contributed by atoms with Gasteiger partial charge in [0, 0.05) is 40.9 Å². The van der Waals surface area contributed by atoms with Crippen LogP contribution in [0, 0.1) is 0 Å². The molecule has 36 heavy (non-hydrogen) atoms. The smallest absolute Gasteiger partial charge is 0.337 e. The number of esters is 1. The molecule has 186 valence electrons. The highest BCUT2D eigenvalue weighted by molar-refractivity contribution is 6.10. The Bertz CT molecular complexity index is 1350. The monoisotopic (exact) mass is 484 g/mol. The van der Waals surface area contributed by atoms with Gasteiger partial charge in [-0.15, -0.1) is 0 Å². The number of nitrogens with one attached hydrogen (secondary N) is 1. The summed E-state index contributed by atoms with van der Waals surface area (Å²) in [6.45, 7) is 0. The first-order chi connectivity index (χ1) is 17.6. The maximum atomic E-state index is 14.0. The van der Waals surface area contributed by atoms with Gasteiger partial charge >= 0.3 is 5.97 Å². The molecule has 2 aliphatic heterocycles. The fraction of sp³-hybridized carbons (Fsp3) is 0.400. The summed E-state index contributed by atoms with van der Waals surface area (Å²) in [5.74, 6) is 1.15. The van der Waals surface area contributed by atoms with Crippen LogP contribution in [0.25, 0.3) is 16.5 Å². The number of hydrogen-bond acceptors (Lipinski definition) is 6. The zero-order chi connectivity index (χ0) is 24.7. The second-order valence-corrected chi connectivity index (χ2v) is 10.2. The van der Waals surface area contributed by atoms with Gasteiger partial charge in [0.2, 0.25) is 0 Å². The number of benzene rings is 2. The van der Waals surface area contributed by atoms with E-state index in [1.165, 1.54) is 19.3 Å². The molecule has 2 aromatic carbocycles. The van der Waals surface area contributed by atoms with Crippen molar-refractivity contribution in [2.45, 2.75) is 63.0 Å². The third kappa shape index (κ3) is 3.80. The highest BCUT2D eigenvalue weighted by Gasteiger charge is 2.46. The van der Waals surface area contributed by atoms with E-state index in [0.717, 1.165) is 65.4 Å². The molecule has 6 rings (SSSR count). The van der Waals surface area contributed by atoms with Gasteiger partial charge in [0.05, 0.1) is 31.4 Å². The van der Waals surface area contributed by atoms with E-state index < -0.39 is 5.60 Å². The predicted octanol–water partition coefficient (Wildman–Crippen LogP) is 6.60. The summed E-state index contributed by atoms with van der Waals surface area (Å²) < 4.78 is 17.6. The van der Waals surface area contributed by atoms with E-state index in [2.05, 4.69) is 22.4 Å². The molecule has 0 bridgehead atoms. The summed E-state index contributed by atoms with van der Waals surface area (Å²) in [5, 5.41) is 4.71. The van der Waals surface area contributed by atoms with Crippen molar-refractivity contribution in [3.05, 3.63) is 65.4 Å². The van der Waals surface area contributed by atoms with E-state index >= 15 is 0 Å². The van der Waals surface area contributed by atoms with Crippen molar-refractivity contribution in [1.82, 2.24) is 4.98 Å². The molecule has 6 heteroatoms. The highest BCUT2D eigenvalue weighted by Crippen LogP contribution is 2.53. The fourth-order valence-electron chi connectivity index (χ4n) is 6.29. The largest absolute Gasteiger partial charge is 0.497 e. The van der Waals surface area contributed by atoms with Crippen molar-refractivity contribution < 1.29 is 19.0 Å². The zero-order valence-corrected chi connectivity index (χ0v) is 20.9. The summed E-state index contributed by atoms with van der Waals surface area (Å²) in [6, 6.07) is 13.6. The molecule has 0 amide bonds. The van der Waals surface area contributed by atoms with Gasteiger partial charge in [0.15, 0.2) is 0 Å². The SMILES string of the molecule is COc1ccc([C@@H]2Nc3ccc4ncccc4c3C3=C2C(=O)OC2(CCCCCCC2)C3)c(OC)c1. The number of hydrogen-bond donors (Lipinski definition) is 1. The predicted molar refractivity (Wildman–Crippen MR) is 140 cm³/mol. The summed E-state index contributed by atoms with van der Waals surface area (Å²) in [7, 11) is 3.28. The number of ether oxygens (including phenoxy) is 3. The summed E-state index contributed by atoms with van der Waals surface area (Å²) in [4.78, 5) is 18.6. The second kappa shape index (κ2) is 9.16. The fourth-order valence-corrected chi connectivity index (χ4v) is 6.29. The van der Waals surface area contributed by atoms with Crippen LogP contribution in [0.5, 0.6) is 11.5 Å². The molecule has 3 heterocycles. The first-order valence-corrected chi connectivity index (χ1v) is 13.0. The molecule has 0 radical (unpaired) electrons. The number of aromatic nitrogens is 1. The van der Waals surface area contributed by atoms with Gasteiger partial charge in [0.1, 0.15) is 17.1 Å². The van der Waals surface area contributed by atoms with E-state index in [1.807, 2.05) is 36.5 Å². The summed E-state index contributed by atoms with van der Waals surface area (Å²) >= 11 is 0. The van der Waals surface area contributed by atoms with Crippen molar-refractivity contribution in [3.63, 3.8) is 0 Å². The first kappa shape index (κ1) is 22.9. The lowest BCUT2D eigenvalue weighted by molar-refractivity contribution is -0.158. The number of carbonyl (C=O) groups excluding carboxylic acids is 1. The Morgan fingerprint density at radius 2 is 1.81 bits per heavy atom. The zero-order valence-electron chi connectivity index (χ0n) is 20.9. The minimum atomic E-state index is -0.441. The number of nitrogens with zero attached hydrogens (tertiary/aromatic N) is 1. The van der Waals surface area contributed by atoms with Crippen molar-refractivity contribution in [2.24, 2.45) is 0 Å². The Balaban J connectivity index is 1.56. The average molecular weight is 485 g/mol. The van der Waals surface area contributed by atoms with E-state index in [1.54, 1.807) is 14.2 Å². The van der Waals surface area contributed by atoms with Crippen LogP contribution in [0.2, 0.25) is 0 Å². The van der Waals surface area contributed by atoms with E-state index in [9.17, 15) is 4.79 Å². The maximum absolute atomic E-state index is 14.0. The molecular formula is C30H32N2O4. The van der Waals surface area contributed by atoms with Gasteiger partial charge in [-0.3, -0.25) is 4.98 Å². The molecule has 1 atom stereocenters. The molecule has 1 N–H and O–H groups in total. The minimum absolute atomic E-state index is 0.223. The number of carbonyl (C=O) groups is 1. The van der Waals surface area contributed by atoms with Crippen LogP contribution in [-0.4, -0.2) is 30.8 Å². The van der Waals surface area contributed by atoms with Crippen LogP contribution in [0.1, 0.15) is 68.5 Å². The van der Waals surface area contributed by atoms with Crippen LogP contribution in [0.3, 0.4) is 0 Å². The van der Waals surface area contributed by atoms with Crippen LogP contribution < -0.4 is 14.8 Å². The van der Waals surface area contributed by atoms with E-state index in [4.69, 9.17) is 14.2 Å². The van der Waals surface area contributed by atoms with Gasteiger partial charge in [-0.05, 0) is 61.6 Å². The van der Waals surface area contributed by atoms with Crippen LogP contribution >= 0.6 is 0 Å². The van der Waals surface area contributed by atoms with Crippen LogP contribution in [-0.2, 0) is 9.53 Å². The highest BCUT2D eigenvalue weighted by atomic mass is 16.6. The lowest BCUT2D eigenvalue weighted by atomic mass is 9.74. The molecule has 3 aliphatic rings. The van der Waals surface area contributed by atoms with Gasteiger partial charge < -0.3 is 19.5 Å². The van der Waals surface area contributed by atoms with Crippen molar-refractivity contribution in [3.8, 4) is 11.5 Å². The van der Waals surface area contributed by atoms with Gasteiger partial charge in [-0.25, -0.2) is 4.79 Å². The molecule has 1 aromatic heterocycles. The average Bonchev–Trinajstić information content (AvgIpc) is 2.89. The molecule has 3 aromatic rings. The number of fused-ring (bicyclic) bond motifs is 4. The number of rotatable bonds is 3. The van der Waals surface area contributed by atoms with Gasteiger partial charge in [0.25, 0.3) is 0 Å². The van der Waals surface area contributed by atoms with Gasteiger partial charge in [-0.2, -0.15) is 0 Å². The van der Waals surface area contributed by atoms with E-state index in [-0.39, 0.29) is 12.0 Å². The Labute approximate surface area is 211 Å². The Hall–Kier alpha value is -3.54. The third-order valence-corrected chi connectivity index (χ3v) is 8.04. The number of anilines is 1. The van der Waals surface area contributed by atoms with Crippen LogP contribution in [0.15, 0.2) is 54.2 Å². The third-order valence-electron chi connectivity index (χ3n) is 8.04. The summed E-state index contributed by atoms with van der Waals surface area (Å²) in [5.41, 5.74) is 5.22. The molecule has 1 spiro atoms. The topological polar surface area (TPSA) is 69.7 Å². The molecule has 1 saturated carbocycles. The Morgan fingerprint density at radius 1 is 1.00 bits per heavy atom. The number of pyridine rings is 1. The molecule has 0 unspecified atom stereocenters. The molecular weight excluding hydrogens is 452 g/mol. The summed E-state index contributed by atoms with van der Waals surface area (Å²) in [6.07, 6.45) is 10.2. The second-order valence-electron chi connectivity index (χ2n) is 10.2. The standard InChI is InChI=1S/C30H32N2O4/c1-34-19-10-11-21(25(17-19)35-2)28-27-22(18-30(36-29(27)33)14-6-4-3-5-7-15-30)26-20-9-8-16-31-23(20)12-13-24(26)32-28/h8-13,16-17,28,32H,3-7,14-15,18H2,1-2H3/t28-/m0/s1. The minimum Gasteiger partial charge on any atom is -0.497 e. The molecule has 0 saturated heterocycles. The van der Waals surface area contributed by atoms with Crippen molar-refractivity contribution in [1.29, 1.82) is 0 Å². The van der Waals surface area contributed by atoms with Crippen molar-refractivity contribution >= 4 is 28.1 Å². The maximum Gasteiger partial charge on any atom is 0.337 e. The Morgan fingerprint density at radius 3 is 2.58 bits per heavy atom. The normalized spacial score (nSPS) is 21.1. The first-order valence-electron chi connectivity index (χ1n) is 13.0. The lowest BCUT2D eigenvalue weighted by Gasteiger charge is -2.44. The molecule has 1 aliphatic carbocycles. The molecule has 1 fully saturated rings.